The molecule has 1 fully saturated rings. The lowest BCUT2D eigenvalue weighted by Gasteiger charge is -2.12. The summed E-state index contributed by atoms with van der Waals surface area (Å²) >= 11 is 4.70. The molecule has 6 heteroatoms. The highest BCUT2D eigenvalue weighted by Crippen LogP contribution is 2.30. The number of nitrogens with one attached hydrogen (secondary N) is 1. The van der Waals surface area contributed by atoms with E-state index in [-0.39, 0.29) is 11.8 Å². The van der Waals surface area contributed by atoms with Crippen molar-refractivity contribution in [2.45, 2.75) is 32.2 Å². The molecule has 1 rings (SSSR count). The van der Waals surface area contributed by atoms with Gasteiger partial charge in [0.15, 0.2) is 0 Å². The largest absolute Gasteiger partial charge is 0.393 e. The summed E-state index contributed by atoms with van der Waals surface area (Å²) in [5.41, 5.74) is 5.32. The zero-order valence-corrected chi connectivity index (χ0v) is 9.83. The molecule has 0 aromatic heterocycles. The molecule has 1 aliphatic rings. The maximum absolute atomic E-state index is 11.5. The second kappa shape index (κ2) is 4.55. The summed E-state index contributed by atoms with van der Waals surface area (Å²) in [6.07, 6.45) is 2.48. The first-order valence-corrected chi connectivity index (χ1v) is 6.73. The summed E-state index contributed by atoms with van der Waals surface area (Å²) in [7, 11) is -3.13. The lowest BCUT2D eigenvalue weighted by atomic mass is 10.3. The van der Waals surface area contributed by atoms with Gasteiger partial charge in [-0.2, -0.15) is 0 Å². The van der Waals surface area contributed by atoms with Crippen LogP contribution in [0.4, 0.5) is 0 Å². The highest BCUT2D eigenvalue weighted by Gasteiger charge is 2.28. The van der Waals surface area contributed by atoms with Crippen molar-refractivity contribution in [3.05, 3.63) is 0 Å². The Balaban J connectivity index is 2.36. The summed E-state index contributed by atoms with van der Waals surface area (Å²) in [5.74, 6) is 0.610. The second-order valence-corrected chi connectivity index (χ2v) is 6.24. The predicted molar refractivity (Wildman–Crippen MR) is 60.5 cm³/mol. The van der Waals surface area contributed by atoms with E-state index in [1.807, 2.05) is 0 Å². The summed E-state index contributed by atoms with van der Waals surface area (Å²) in [6.45, 7) is 1.77. The fraction of sp³-hybridized carbons (Fsp3) is 0.875. The van der Waals surface area contributed by atoms with Gasteiger partial charge in [-0.15, -0.1) is 0 Å². The number of thiocarbonyl (C=S) groups is 1. The van der Waals surface area contributed by atoms with Crippen LogP contribution in [0.2, 0.25) is 0 Å². The molecule has 1 saturated carbocycles. The topological polar surface area (TPSA) is 72.2 Å². The Hall–Kier alpha value is -0.200. The molecule has 3 N–H and O–H groups in total. The normalized spacial score (nSPS) is 19.2. The Labute approximate surface area is 90.3 Å². The Morgan fingerprint density at radius 1 is 1.64 bits per heavy atom. The van der Waals surface area contributed by atoms with Crippen LogP contribution in [-0.4, -0.2) is 25.2 Å². The lowest BCUT2D eigenvalue weighted by molar-refractivity contribution is 0.561. The van der Waals surface area contributed by atoms with Gasteiger partial charge in [0.25, 0.3) is 0 Å². The first-order valence-electron chi connectivity index (χ1n) is 4.67. The van der Waals surface area contributed by atoms with Gasteiger partial charge in [-0.3, -0.25) is 0 Å². The third kappa shape index (κ3) is 4.88. The van der Waals surface area contributed by atoms with Gasteiger partial charge in [0.1, 0.15) is 0 Å². The first-order chi connectivity index (χ1) is 6.39. The van der Waals surface area contributed by atoms with Gasteiger partial charge in [-0.05, 0) is 25.7 Å². The van der Waals surface area contributed by atoms with Crippen molar-refractivity contribution in [1.29, 1.82) is 0 Å². The van der Waals surface area contributed by atoms with E-state index in [4.69, 9.17) is 18.0 Å². The van der Waals surface area contributed by atoms with Gasteiger partial charge in [0, 0.05) is 12.5 Å². The number of hydrogen-bond donors (Lipinski definition) is 2. The van der Waals surface area contributed by atoms with Crippen LogP contribution in [0.3, 0.4) is 0 Å². The molecule has 0 aliphatic heterocycles. The third-order valence-corrected chi connectivity index (χ3v) is 3.88. The van der Waals surface area contributed by atoms with Crippen molar-refractivity contribution in [3.63, 3.8) is 0 Å². The smallest absolute Gasteiger partial charge is 0.212 e. The molecule has 0 aromatic rings. The van der Waals surface area contributed by atoms with Gasteiger partial charge in [-0.1, -0.05) is 12.2 Å². The van der Waals surface area contributed by atoms with Gasteiger partial charge in [0.05, 0.1) is 10.7 Å². The molecule has 0 amide bonds. The van der Waals surface area contributed by atoms with E-state index in [1.54, 1.807) is 6.92 Å². The summed E-state index contributed by atoms with van der Waals surface area (Å²) in [4.78, 5) is 0.339. The molecule has 14 heavy (non-hydrogen) atoms. The number of hydrogen-bond acceptors (Lipinski definition) is 3. The van der Waals surface area contributed by atoms with Crippen LogP contribution in [0.5, 0.6) is 0 Å². The average molecular weight is 236 g/mol. The van der Waals surface area contributed by atoms with Crippen LogP contribution < -0.4 is 10.5 Å². The highest BCUT2D eigenvalue weighted by molar-refractivity contribution is 7.89. The Bertz CT molecular complexity index is 309. The molecule has 0 heterocycles. The molecule has 0 spiro atoms. The third-order valence-electron chi connectivity index (χ3n) is 2.04. The zero-order chi connectivity index (χ0) is 10.8. The molecule has 1 unspecified atom stereocenters. The molecule has 0 saturated heterocycles. The summed E-state index contributed by atoms with van der Waals surface area (Å²) in [5, 5.41) is 0. The highest BCUT2D eigenvalue weighted by atomic mass is 32.2. The molecule has 4 nitrogen and oxygen atoms in total. The predicted octanol–water partition coefficient (Wildman–Crippen LogP) is 0.380. The van der Waals surface area contributed by atoms with Crippen LogP contribution in [-0.2, 0) is 10.0 Å². The van der Waals surface area contributed by atoms with Crippen LogP contribution in [0.15, 0.2) is 0 Å². The summed E-state index contributed by atoms with van der Waals surface area (Å²) in [6, 6.07) is -0.198. The maximum atomic E-state index is 11.5. The molecular formula is C8H16N2O2S2. The molecule has 0 bridgehead atoms. The lowest BCUT2D eigenvalue weighted by Crippen LogP contribution is -2.37. The molecular weight excluding hydrogens is 220 g/mol. The van der Waals surface area contributed by atoms with Gasteiger partial charge in [0.2, 0.25) is 10.0 Å². The van der Waals surface area contributed by atoms with E-state index in [2.05, 4.69) is 4.72 Å². The Morgan fingerprint density at radius 2 is 2.21 bits per heavy atom. The van der Waals surface area contributed by atoms with Crippen LogP contribution in [0, 0.1) is 5.92 Å². The van der Waals surface area contributed by atoms with Gasteiger partial charge < -0.3 is 5.73 Å². The molecule has 1 atom stereocenters. The molecule has 1 aliphatic carbocycles. The van der Waals surface area contributed by atoms with Crippen molar-refractivity contribution in [2.24, 2.45) is 11.7 Å². The molecule has 0 aromatic carbocycles. The molecule has 82 valence electrons. The second-order valence-electron chi connectivity index (χ2n) is 3.91. The SMILES string of the molecule is CC(CC(N)=S)NS(=O)(=O)CC1CC1. The van der Waals surface area contributed by atoms with E-state index in [1.165, 1.54) is 0 Å². The number of rotatable bonds is 6. The minimum Gasteiger partial charge on any atom is -0.393 e. The van der Waals surface area contributed by atoms with Crippen molar-refractivity contribution in [3.8, 4) is 0 Å². The Kier molecular flexibility index (Phi) is 3.86. The standard InChI is InChI=1S/C8H16N2O2S2/c1-6(4-8(9)13)10-14(11,12)5-7-2-3-7/h6-7,10H,2-5H2,1H3,(H2,9,13). The van der Waals surface area contributed by atoms with Crippen LogP contribution >= 0.6 is 12.2 Å². The average Bonchev–Trinajstić information content (AvgIpc) is 2.65. The van der Waals surface area contributed by atoms with E-state index < -0.39 is 10.0 Å². The minimum atomic E-state index is -3.13. The van der Waals surface area contributed by atoms with Crippen molar-refractivity contribution in [2.75, 3.05) is 5.75 Å². The van der Waals surface area contributed by atoms with Gasteiger partial charge >= 0.3 is 0 Å². The van der Waals surface area contributed by atoms with E-state index in [0.29, 0.717) is 17.3 Å². The summed E-state index contributed by atoms with van der Waals surface area (Å²) < 4.78 is 25.5. The van der Waals surface area contributed by atoms with Crippen molar-refractivity contribution < 1.29 is 8.42 Å². The minimum absolute atomic E-state index is 0.198. The van der Waals surface area contributed by atoms with Crippen molar-refractivity contribution >= 4 is 27.2 Å². The van der Waals surface area contributed by atoms with Crippen LogP contribution in [0.1, 0.15) is 26.2 Å². The van der Waals surface area contributed by atoms with E-state index in [9.17, 15) is 8.42 Å². The number of nitrogens with two attached hydrogens (primary N) is 1. The van der Waals surface area contributed by atoms with Gasteiger partial charge in [-0.25, -0.2) is 13.1 Å². The monoisotopic (exact) mass is 236 g/mol. The maximum Gasteiger partial charge on any atom is 0.212 e. The Morgan fingerprint density at radius 3 is 2.64 bits per heavy atom. The zero-order valence-electron chi connectivity index (χ0n) is 8.19. The molecule has 0 radical (unpaired) electrons. The van der Waals surface area contributed by atoms with Crippen molar-refractivity contribution in [1.82, 2.24) is 4.72 Å². The quantitative estimate of drug-likeness (QED) is 0.654. The first kappa shape index (κ1) is 11.9. The van der Waals surface area contributed by atoms with Crippen LogP contribution in [0.25, 0.3) is 0 Å². The fourth-order valence-electron chi connectivity index (χ4n) is 1.29. The fourth-order valence-corrected chi connectivity index (χ4v) is 3.29. The van der Waals surface area contributed by atoms with E-state index in [0.717, 1.165) is 12.8 Å². The van der Waals surface area contributed by atoms with E-state index >= 15 is 0 Å². The number of sulfonamides is 1.